The summed E-state index contributed by atoms with van der Waals surface area (Å²) in [5, 5.41) is 3.24. The van der Waals surface area contributed by atoms with Crippen LogP contribution in [0.4, 0.5) is 0 Å². The highest BCUT2D eigenvalue weighted by atomic mass is 16.7. The molecule has 1 saturated heterocycles. The topological polar surface area (TPSA) is 50.8 Å². The lowest BCUT2D eigenvalue weighted by molar-refractivity contribution is -0.135. The van der Waals surface area contributed by atoms with Gasteiger partial charge < -0.3 is 19.5 Å². The maximum absolute atomic E-state index is 13.2. The van der Waals surface area contributed by atoms with Gasteiger partial charge in [-0.15, -0.1) is 0 Å². The number of carbonyl (C=O) groups excluding carboxylic acids is 1. The molecule has 29 heavy (non-hydrogen) atoms. The fraction of sp³-hybridized carbons (Fsp3) is 0.957. The summed E-state index contributed by atoms with van der Waals surface area (Å²) >= 11 is 0. The highest BCUT2D eigenvalue weighted by Gasteiger charge is 2.51. The number of carbonyl (C=O) groups is 1. The van der Waals surface area contributed by atoms with Gasteiger partial charge in [-0.25, -0.2) is 0 Å². The number of hydrogen-bond acceptors (Lipinski definition) is 4. The Balaban J connectivity index is 2.05. The summed E-state index contributed by atoms with van der Waals surface area (Å²) in [5.41, 5.74) is -1.07. The average Bonchev–Trinajstić information content (AvgIpc) is 2.70. The fourth-order valence-corrected chi connectivity index (χ4v) is 5.00. The van der Waals surface area contributed by atoms with Crippen LogP contribution in [0.15, 0.2) is 0 Å². The Labute approximate surface area is 179 Å². The fourth-order valence-electron chi connectivity index (χ4n) is 5.00. The molecule has 5 nitrogen and oxygen atoms in total. The van der Waals surface area contributed by atoms with E-state index in [9.17, 15) is 4.79 Å². The summed E-state index contributed by atoms with van der Waals surface area (Å²) in [7, 11) is 4.10. The van der Waals surface area contributed by atoms with Crippen LogP contribution < -0.4 is 5.32 Å². The summed E-state index contributed by atoms with van der Waals surface area (Å²) < 4.78 is 12.4. The summed E-state index contributed by atoms with van der Waals surface area (Å²) in [4.78, 5) is 15.4. The van der Waals surface area contributed by atoms with E-state index in [0.29, 0.717) is 11.8 Å². The predicted octanol–water partition coefficient (Wildman–Crippen LogP) is 4.37. The highest BCUT2D eigenvalue weighted by molar-refractivity contribution is 6.45. The molecule has 0 spiro atoms. The Morgan fingerprint density at radius 3 is 2.03 bits per heavy atom. The molecule has 2 fully saturated rings. The zero-order chi connectivity index (χ0) is 22.3. The Kier molecular flexibility index (Phi) is 7.24. The van der Waals surface area contributed by atoms with Crippen molar-refractivity contribution in [1.29, 1.82) is 0 Å². The molecule has 168 valence electrons. The van der Waals surface area contributed by atoms with Crippen LogP contribution in [0.25, 0.3) is 0 Å². The van der Waals surface area contributed by atoms with Gasteiger partial charge in [0.1, 0.15) is 0 Å². The largest absolute Gasteiger partial charge is 0.457 e. The van der Waals surface area contributed by atoms with Crippen molar-refractivity contribution in [2.45, 2.75) is 104 Å². The molecule has 0 aromatic heterocycles. The minimum atomic E-state index is -0.313. The molecule has 1 aliphatic carbocycles. The lowest BCUT2D eigenvalue weighted by Gasteiger charge is -2.43. The average molecular weight is 408 g/mol. The molecule has 0 bridgehead atoms. The van der Waals surface area contributed by atoms with E-state index in [1.54, 1.807) is 0 Å². The third-order valence-corrected chi connectivity index (χ3v) is 6.92. The van der Waals surface area contributed by atoms with Gasteiger partial charge >= 0.3 is 7.12 Å². The summed E-state index contributed by atoms with van der Waals surface area (Å²) in [6.45, 7) is 17.8. The minimum absolute atomic E-state index is 0.149. The van der Waals surface area contributed by atoms with Gasteiger partial charge in [-0.1, -0.05) is 13.3 Å². The van der Waals surface area contributed by atoms with Crippen molar-refractivity contribution in [3.05, 3.63) is 0 Å². The highest BCUT2D eigenvalue weighted by Crippen LogP contribution is 2.46. The molecule has 2 rings (SSSR count). The quantitative estimate of drug-likeness (QED) is 0.664. The first-order chi connectivity index (χ1) is 13.0. The first-order valence-corrected chi connectivity index (χ1v) is 11.4. The molecule has 1 saturated carbocycles. The second-order valence-corrected chi connectivity index (χ2v) is 12.2. The van der Waals surface area contributed by atoms with Crippen LogP contribution in [-0.4, -0.2) is 55.3 Å². The van der Waals surface area contributed by atoms with E-state index in [-0.39, 0.29) is 35.2 Å². The lowest BCUT2D eigenvalue weighted by atomic mass is 9.63. The molecule has 0 radical (unpaired) electrons. The molecule has 3 atom stereocenters. The second kappa shape index (κ2) is 8.51. The van der Waals surface area contributed by atoms with Crippen molar-refractivity contribution in [3.63, 3.8) is 0 Å². The number of hydrogen-bond donors (Lipinski definition) is 1. The van der Waals surface area contributed by atoms with Crippen molar-refractivity contribution in [2.75, 3.05) is 20.6 Å². The molecular formula is C23H45BN2O3. The second-order valence-electron chi connectivity index (χ2n) is 12.2. The van der Waals surface area contributed by atoms with Crippen molar-refractivity contribution < 1.29 is 14.1 Å². The molecule has 2 aliphatic rings. The molecule has 1 unspecified atom stereocenters. The van der Waals surface area contributed by atoms with Crippen LogP contribution >= 0.6 is 0 Å². The third kappa shape index (κ3) is 6.45. The van der Waals surface area contributed by atoms with Crippen LogP contribution in [0, 0.1) is 17.3 Å². The smallest absolute Gasteiger partial charge is 0.403 e. The SMILES string of the molecule is CN(C)C[C@@H]1C[C@@H](CCB2OC(C)(C)C(C)(C)O2)CC(C)(C(=O)NC(C)(C)C)C1. The third-order valence-electron chi connectivity index (χ3n) is 6.92. The molecule has 1 heterocycles. The van der Waals surface area contributed by atoms with Gasteiger partial charge in [0, 0.05) is 17.5 Å². The van der Waals surface area contributed by atoms with E-state index in [1.807, 2.05) is 0 Å². The van der Waals surface area contributed by atoms with Gasteiger partial charge in [0.25, 0.3) is 0 Å². The normalized spacial score (nSPS) is 31.9. The van der Waals surface area contributed by atoms with Crippen molar-refractivity contribution >= 4 is 13.0 Å². The van der Waals surface area contributed by atoms with Crippen molar-refractivity contribution in [1.82, 2.24) is 10.2 Å². The van der Waals surface area contributed by atoms with Crippen LogP contribution in [0.2, 0.25) is 6.32 Å². The monoisotopic (exact) mass is 408 g/mol. The maximum atomic E-state index is 13.2. The standard InChI is InChI=1S/C23H45BN2O3/c1-20(2,3)25-19(27)23(8)14-17(13-18(15-23)16-26(9)10)11-12-24-28-21(4,5)22(6,7)29-24/h17-18H,11-16H2,1-10H3,(H,25,27)/t17-,18-,23?/m1/s1. The van der Waals surface area contributed by atoms with Gasteiger partial charge in [0.2, 0.25) is 5.91 Å². The van der Waals surface area contributed by atoms with E-state index in [0.717, 1.165) is 32.1 Å². The Bertz CT molecular complexity index is 569. The summed E-state index contributed by atoms with van der Waals surface area (Å²) in [6.07, 6.45) is 5.01. The van der Waals surface area contributed by atoms with Gasteiger partial charge in [0.05, 0.1) is 11.2 Å². The number of nitrogens with zero attached hydrogens (tertiary/aromatic N) is 1. The molecule has 1 N–H and O–H groups in total. The molecule has 6 heteroatoms. The van der Waals surface area contributed by atoms with E-state index in [1.165, 1.54) is 6.42 Å². The summed E-state index contributed by atoms with van der Waals surface area (Å²) in [6, 6.07) is 0. The summed E-state index contributed by atoms with van der Waals surface area (Å²) in [5.74, 6) is 1.26. The van der Waals surface area contributed by atoms with Crippen molar-refractivity contribution in [2.24, 2.45) is 17.3 Å². The Morgan fingerprint density at radius 1 is 1.03 bits per heavy atom. The zero-order valence-corrected chi connectivity index (χ0v) is 20.6. The number of nitrogens with one attached hydrogen (secondary N) is 1. The molecule has 0 aromatic rings. The Hall–Kier alpha value is -0.585. The van der Waals surface area contributed by atoms with Gasteiger partial charge in [-0.3, -0.25) is 4.79 Å². The van der Waals surface area contributed by atoms with Gasteiger partial charge in [-0.2, -0.15) is 0 Å². The first kappa shape index (κ1) is 24.7. The molecular weight excluding hydrogens is 363 g/mol. The molecule has 0 aromatic carbocycles. The first-order valence-electron chi connectivity index (χ1n) is 11.4. The zero-order valence-electron chi connectivity index (χ0n) is 20.6. The number of rotatable bonds is 6. The van der Waals surface area contributed by atoms with Crippen LogP contribution in [0.3, 0.4) is 0 Å². The van der Waals surface area contributed by atoms with E-state index in [2.05, 4.69) is 79.7 Å². The molecule has 1 aliphatic heterocycles. The Morgan fingerprint density at radius 2 is 1.55 bits per heavy atom. The lowest BCUT2D eigenvalue weighted by Crippen LogP contribution is -2.51. The van der Waals surface area contributed by atoms with Crippen LogP contribution in [0.5, 0.6) is 0 Å². The molecule has 1 amide bonds. The van der Waals surface area contributed by atoms with Gasteiger partial charge in [-0.05, 0) is 100.0 Å². The predicted molar refractivity (Wildman–Crippen MR) is 121 cm³/mol. The van der Waals surface area contributed by atoms with Crippen LogP contribution in [0.1, 0.15) is 81.1 Å². The minimum Gasteiger partial charge on any atom is -0.403 e. The maximum Gasteiger partial charge on any atom is 0.457 e. The van der Waals surface area contributed by atoms with E-state index >= 15 is 0 Å². The van der Waals surface area contributed by atoms with Crippen LogP contribution in [-0.2, 0) is 14.1 Å². The van der Waals surface area contributed by atoms with Gasteiger partial charge in [0.15, 0.2) is 0 Å². The number of amides is 1. The van der Waals surface area contributed by atoms with Crippen molar-refractivity contribution in [3.8, 4) is 0 Å². The van der Waals surface area contributed by atoms with E-state index < -0.39 is 0 Å². The van der Waals surface area contributed by atoms with E-state index in [4.69, 9.17) is 9.31 Å².